The molecule has 0 aromatic heterocycles. The lowest BCUT2D eigenvalue weighted by Crippen LogP contribution is -2.49. The molecule has 0 saturated carbocycles. The van der Waals surface area contributed by atoms with Crippen LogP contribution in [0.4, 0.5) is 8.78 Å². The molecule has 6 atom stereocenters. The van der Waals surface area contributed by atoms with Crippen molar-refractivity contribution in [2.75, 3.05) is 0 Å². The van der Waals surface area contributed by atoms with Crippen molar-refractivity contribution in [3.05, 3.63) is 139 Å². The maximum absolute atomic E-state index is 14.6. The maximum atomic E-state index is 14.6. The highest BCUT2D eigenvalue weighted by Gasteiger charge is 2.42. The first-order chi connectivity index (χ1) is 28.1. The molecule has 2 heterocycles. The summed E-state index contributed by atoms with van der Waals surface area (Å²) < 4.78 is 51.9. The largest absolute Gasteiger partial charge is 0.460 e. The summed E-state index contributed by atoms with van der Waals surface area (Å²) >= 11 is 24.0. The van der Waals surface area contributed by atoms with Gasteiger partial charge in [-0.3, -0.25) is 19.2 Å². The molecule has 2 fully saturated rings. The van der Waals surface area contributed by atoms with Gasteiger partial charge in [0.05, 0.1) is 24.9 Å². The normalized spacial score (nSPS) is 21.8. The molecule has 60 heavy (non-hydrogen) atoms. The average molecular weight is 909 g/mol. The number of amides is 2. The highest BCUT2D eigenvalue weighted by molar-refractivity contribution is 6.31. The van der Waals surface area contributed by atoms with Crippen LogP contribution in [0.1, 0.15) is 101 Å². The Morgan fingerprint density at radius 3 is 1.25 bits per heavy atom. The second kappa shape index (κ2) is 19.6. The van der Waals surface area contributed by atoms with Crippen LogP contribution in [0.3, 0.4) is 0 Å². The van der Waals surface area contributed by atoms with Gasteiger partial charge in [-0.1, -0.05) is 82.8 Å². The third kappa shape index (κ3) is 12.9. The molecule has 0 bridgehead atoms. The van der Waals surface area contributed by atoms with E-state index >= 15 is 0 Å². The van der Waals surface area contributed by atoms with Gasteiger partial charge in [-0.15, -0.1) is 0 Å². The Bertz CT molecular complexity index is 2080. The summed E-state index contributed by atoms with van der Waals surface area (Å²) in [7, 11) is 0. The van der Waals surface area contributed by atoms with Crippen LogP contribution in [0.5, 0.6) is 0 Å². The minimum atomic E-state index is -1.09. The number of carbonyl (C=O) groups excluding carboxylic acids is 4. The second-order valence-electron chi connectivity index (χ2n) is 16.1. The van der Waals surface area contributed by atoms with Crippen LogP contribution in [0.25, 0.3) is 0 Å². The molecule has 16 heteroatoms. The minimum absolute atomic E-state index is 0.216. The van der Waals surface area contributed by atoms with E-state index in [4.69, 9.17) is 65.4 Å². The summed E-state index contributed by atoms with van der Waals surface area (Å²) in [5.41, 5.74) is 0.321. The minimum Gasteiger partial charge on any atom is -0.460 e. The summed E-state index contributed by atoms with van der Waals surface area (Å²) in [4.78, 5) is 49.8. The van der Waals surface area contributed by atoms with Crippen molar-refractivity contribution in [2.24, 2.45) is 0 Å². The summed E-state index contributed by atoms with van der Waals surface area (Å²) in [5.74, 6) is -3.34. The van der Waals surface area contributed by atoms with E-state index in [1.165, 1.54) is 36.4 Å². The number of hydrogen-bond donors (Lipinski definition) is 2. The van der Waals surface area contributed by atoms with Gasteiger partial charge >= 0.3 is 11.9 Å². The van der Waals surface area contributed by atoms with Crippen LogP contribution in [0, 0.1) is 11.6 Å². The van der Waals surface area contributed by atoms with Crippen LogP contribution in [-0.2, 0) is 38.1 Å². The zero-order valence-electron chi connectivity index (χ0n) is 33.5. The fourth-order valence-corrected chi connectivity index (χ4v) is 7.24. The van der Waals surface area contributed by atoms with Crippen molar-refractivity contribution in [1.82, 2.24) is 10.6 Å². The van der Waals surface area contributed by atoms with Crippen molar-refractivity contribution in [3.63, 3.8) is 0 Å². The number of ether oxygens (including phenoxy) is 4. The summed E-state index contributed by atoms with van der Waals surface area (Å²) in [6, 6.07) is 20.5. The highest BCUT2D eigenvalue weighted by atomic mass is 35.5. The fourth-order valence-electron chi connectivity index (χ4n) is 6.53. The summed E-state index contributed by atoms with van der Waals surface area (Å²) in [6.07, 6.45) is -4.26. The van der Waals surface area contributed by atoms with Gasteiger partial charge in [0.25, 0.3) is 0 Å². The molecule has 2 aliphatic heterocycles. The molecule has 2 aliphatic rings. The zero-order chi connectivity index (χ0) is 44.1. The number of morpholine rings is 2. The van der Waals surface area contributed by atoms with Crippen molar-refractivity contribution in [3.8, 4) is 0 Å². The Kier molecular flexibility index (Phi) is 15.3. The van der Waals surface area contributed by atoms with Crippen molar-refractivity contribution in [2.45, 2.75) is 102 Å². The van der Waals surface area contributed by atoms with Gasteiger partial charge in [-0.25, -0.2) is 8.78 Å². The van der Waals surface area contributed by atoms with Gasteiger partial charge in [0.2, 0.25) is 11.8 Å². The first kappa shape index (κ1) is 46.8. The van der Waals surface area contributed by atoms with Gasteiger partial charge in [0.1, 0.15) is 47.3 Å². The Morgan fingerprint density at radius 2 is 0.933 bits per heavy atom. The topological polar surface area (TPSA) is 129 Å². The predicted octanol–water partition coefficient (Wildman–Crippen LogP) is 10.3. The monoisotopic (exact) mass is 906 g/mol. The molecule has 2 N–H and O–H groups in total. The van der Waals surface area contributed by atoms with Crippen molar-refractivity contribution < 1.29 is 46.9 Å². The van der Waals surface area contributed by atoms with Crippen LogP contribution in [0.15, 0.2) is 84.9 Å². The molecule has 0 unspecified atom stereocenters. The Labute approximate surface area is 367 Å². The first-order valence-electron chi connectivity index (χ1n) is 18.8. The quantitative estimate of drug-likeness (QED) is 0.167. The van der Waals surface area contributed by atoms with E-state index in [-0.39, 0.29) is 34.0 Å². The van der Waals surface area contributed by atoms with Crippen LogP contribution >= 0.6 is 46.4 Å². The zero-order valence-corrected chi connectivity index (χ0v) is 36.5. The van der Waals surface area contributed by atoms with Gasteiger partial charge in [-0.05, 0) is 101 Å². The van der Waals surface area contributed by atoms with Gasteiger partial charge < -0.3 is 29.6 Å². The lowest BCUT2D eigenvalue weighted by molar-refractivity contribution is -0.168. The molecule has 0 radical (unpaired) electrons. The maximum Gasteiger partial charge on any atom is 0.309 e. The fraction of sp³-hybridized carbons (Fsp3) is 0.364. The van der Waals surface area contributed by atoms with E-state index in [1.54, 1.807) is 90.1 Å². The van der Waals surface area contributed by atoms with Crippen LogP contribution < -0.4 is 10.6 Å². The number of benzene rings is 4. The molecule has 10 nitrogen and oxygen atoms in total. The van der Waals surface area contributed by atoms with Gasteiger partial charge in [0.15, 0.2) is 0 Å². The van der Waals surface area contributed by atoms with E-state index in [1.807, 2.05) is 0 Å². The highest BCUT2D eigenvalue weighted by Crippen LogP contribution is 2.41. The average Bonchev–Trinajstić information content (AvgIpc) is 3.12. The van der Waals surface area contributed by atoms with Crippen LogP contribution in [-0.4, -0.2) is 47.2 Å². The molecule has 320 valence electrons. The lowest BCUT2D eigenvalue weighted by atomic mass is 9.92. The number of esters is 2. The molecule has 2 saturated heterocycles. The van der Waals surface area contributed by atoms with Crippen molar-refractivity contribution in [1.29, 1.82) is 0 Å². The molecule has 0 spiro atoms. The second-order valence-corrected chi connectivity index (χ2v) is 17.8. The molecule has 0 aliphatic carbocycles. The van der Waals surface area contributed by atoms with Gasteiger partial charge in [-0.2, -0.15) is 0 Å². The standard InChI is InChI=1S/2C22H22Cl2FNO4/c2*1-22(2,3)30-18(27)11-17-21(28)26-19(15-8-7-14(24)10-16(15)25)20(29-17)12-5-4-6-13(23)9-12/h2*4-10,17,19-20H,11H2,1-3H3,(H,26,28)/t17-,19+,20+;17-,19-,20-/m01/s1. The molecular weight excluding hydrogens is 864 g/mol. The van der Waals surface area contributed by atoms with Gasteiger partial charge in [0, 0.05) is 31.2 Å². The lowest BCUT2D eigenvalue weighted by Gasteiger charge is -2.37. The van der Waals surface area contributed by atoms with E-state index in [0.717, 1.165) is 0 Å². The number of hydrogen-bond acceptors (Lipinski definition) is 8. The Hall–Kier alpha value is -4.30. The molecular formula is C44H44Cl4F2N2O8. The molecule has 2 amide bonds. The Morgan fingerprint density at radius 1 is 0.583 bits per heavy atom. The number of rotatable bonds is 8. The third-order valence-electron chi connectivity index (χ3n) is 8.90. The first-order valence-corrected chi connectivity index (χ1v) is 20.3. The number of halogens is 6. The van der Waals surface area contributed by atoms with E-state index < -0.39 is 83.1 Å². The van der Waals surface area contributed by atoms with E-state index in [2.05, 4.69) is 10.6 Å². The predicted molar refractivity (Wildman–Crippen MR) is 224 cm³/mol. The SMILES string of the molecule is CC(C)(C)OC(=O)C[C@@H]1O[C@H](c2cccc(Cl)c2)[C@@H](c2ccc(Cl)cc2F)NC1=O.CC(C)(C)OC(=O)C[C@H]1O[C@H](c2cccc(Cl)c2)[C@@H](c2ccc(Cl)cc2F)NC1=O. The number of nitrogens with one attached hydrogen (secondary N) is 2. The third-order valence-corrected chi connectivity index (χ3v) is 9.84. The number of carbonyl (C=O) groups is 4. The molecule has 4 aromatic carbocycles. The molecule has 6 rings (SSSR count). The van der Waals surface area contributed by atoms with E-state index in [0.29, 0.717) is 21.2 Å². The smallest absolute Gasteiger partial charge is 0.309 e. The summed E-state index contributed by atoms with van der Waals surface area (Å²) in [5, 5.41) is 6.97. The molecule has 4 aromatic rings. The Balaban J connectivity index is 0.000000228. The van der Waals surface area contributed by atoms with Crippen molar-refractivity contribution >= 4 is 70.2 Å². The van der Waals surface area contributed by atoms with Crippen LogP contribution in [0.2, 0.25) is 20.1 Å². The summed E-state index contributed by atoms with van der Waals surface area (Å²) in [6.45, 7) is 10.4. The van der Waals surface area contributed by atoms with E-state index in [9.17, 15) is 28.0 Å².